The van der Waals surface area contributed by atoms with Crippen LogP contribution in [0, 0.1) is 0 Å². The third-order valence-electron chi connectivity index (χ3n) is 2.70. The predicted molar refractivity (Wildman–Crippen MR) is 87.4 cm³/mol. The molecule has 0 saturated carbocycles. The third-order valence-corrected chi connectivity index (χ3v) is 6.56. The topological polar surface area (TPSA) is 63.2 Å². The summed E-state index contributed by atoms with van der Waals surface area (Å²) in [4.78, 5) is 12.8. The lowest BCUT2D eigenvalue weighted by Gasteiger charge is -2.12. The number of carbonyl (C=O) groups excluding carboxylic acids is 1. The van der Waals surface area contributed by atoms with Crippen molar-refractivity contribution >= 4 is 52.9 Å². The Morgan fingerprint density at radius 2 is 2.05 bits per heavy atom. The number of benzene rings is 1. The van der Waals surface area contributed by atoms with Gasteiger partial charge in [-0.05, 0) is 37.3 Å². The van der Waals surface area contributed by atoms with Crippen LogP contribution in [-0.2, 0) is 9.05 Å². The van der Waals surface area contributed by atoms with Crippen molar-refractivity contribution in [2.75, 3.05) is 0 Å². The summed E-state index contributed by atoms with van der Waals surface area (Å²) < 4.78 is 23.4. The fraction of sp³-hybridized carbons (Fsp3) is 0.154. The number of carbonyl (C=O) groups is 1. The van der Waals surface area contributed by atoms with Crippen molar-refractivity contribution in [2.24, 2.45) is 0 Å². The molecule has 21 heavy (non-hydrogen) atoms. The summed E-state index contributed by atoms with van der Waals surface area (Å²) in [5.74, 6) is -0.229. The fourth-order valence-electron chi connectivity index (χ4n) is 1.68. The van der Waals surface area contributed by atoms with Gasteiger partial charge in [0.1, 0.15) is 4.21 Å². The van der Waals surface area contributed by atoms with Gasteiger partial charge in [-0.15, -0.1) is 11.3 Å². The molecule has 0 bridgehead atoms. The van der Waals surface area contributed by atoms with E-state index < -0.39 is 9.05 Å². The molecule has 0 fully saturated rings. The van der Waals surface area contributed by atoms with E-state index in [2.05, 4.69) is 21.2 Å². The molecule has 0 aliphatic rings. The summed E-state index contributed by atoms with van der Waals surface area (Å²) in [7, 11) is 1.56. The Labute approximate surface area is 139 Å². The number of nitrogens with one attached hydrogen (secondary N) is 1. The lowest BCUT2D eigenvalue weighted by molar-refractivity contribution is 0.0940. The van der Waals surface area contributed by atoms with E-state index in [4.69, 9.17) is 10.7 Å². The van der Waals surface area contributed by atoms with Gasteiger partial charge in [-0.2, -0.15) is 0 Å². The van der Waals surface area contributed by atoms with Crippen LogP contribution >= 0.6 is 37.9 Å². The molecule has 1 N–H and O–H groups in total. The molecule has 0 saturated heterocycles. The second-order valence-corrected chi connectivity index (χ2v) is 9.12. The highest BCUT2D eigenvalue weighted by molar-refractivity contribution is 9.10. The van der Waals surface area contributed by atoms with Gasteiger partial charge >= 0.3 is 0 Å². The zero-order valence-electron chi connectivity index (χ0n) is 10.8. The van der Waals surface area contributed by atoms with E-state index in [0.717, 1.165) is 20.7 Å². The molecule has 0 radical (unpaired) electrons. The molecule has 112 valence electrons. The van der Waals surface area contributed by atoms with Crippen molar-refractivity contribution in [1.29, 1.82) is 0 Å². The number of hydrogen-bond acceptors (Lipinski definition) is 4. The molecular weight excluding hydrogens is 398 g/mol. The lowest BCUT2D eigenvalue weighted by atomic mass is 10.2. The Kier molecular flexibility index (Phi) is 5.08. The standard InChI is InChI=1S/C13H11BrClNO3S2/c1-8(11-5-6-12(20-11)21(15,18)19)16-13(17)9-3-2-4-10(14)7-9/h2-8H,1H3,(H,16,17). The zero-order valence-corrected chi connectivity index (χ0v) is 14.8. The normalized spacial score (nSPS) is 12.9. The van der Waals surface area contributed by atoms with Gasteiger partial charge in [0.05, 0.1) is 6.04 Å². The molecule has 0 aliphatic carbocycles. The van der Waals surface area contributed by atoms with Crippen molar-refractivity contribution in [3.8, 4) is 0 Å². The molecule has 1 heterocycles. The first-order chi connectivity index (χ1) is 9.77. The molecule has 1 aromatic heterocycles. The molecule has 0 spiro atoms. The van der Waals surface area contributed by atoms with Crippen molar-refractivity contribution in [3.63, 3.8) is 0 Å². The van der Waals surface area contributed by atoms with Crippen LogP contribution < -0.4 is 5.32 Å². The SMILES string of the molecule is CC(NC(=O)c1cccc(Br)c1)c1ccc(S(=O)(=O)Cl)s1. The van der Waals surface area contributed by atoms with Crippen LogP contribution in [-0.4, -0.2) is 14.3 Å². The number of rotatable bonds is 4. The van der Waals surface area contributed by atoms with Crippen LogP contribution in [0.3, 0.4) is 0 Å². The summed E-state index contributed by atoms with van der Waals surface area (Å²) in [5.41, 5.74) is 0.526. The van der Waals surface area contributed by atoms with Gasteiger partial charge in [0.2, 0.25) is 0 Å². The molecule has 0 aliphatic heterocycles. The van der Waals surface area contributed by atoms with Crippen LogP contribution in [0.2, 0.25) is 0 Å². The maximum absolute atomic E-state index is 12.1. The number of hydrogen-bond donors (Lipinski definition) is 1. The first kappa shape index (κ1) is 16.5. The maximum Gasteiger partial charge on any atom is 0.270 e. The largest absolute Gasteiger partial charge is 0.345 e. The van der Waals surface area contributed by atoms with Crippen LogP contribution in [0.4, 0.5) is 0 Å². The van der Waals surface area contributed by atoms with E-state index in [9.17, 15) is 13.2 Å². The van der Waals surface area contributed by atoms with E-state index in [-0.39, 0.29) is 16.2 Å². The van der Waals surface area contributed by atoms with Crippen molar-refractivity contribution in [1.82, 2.24) is 5.32 Å². The highest BCUT2D eigenvalue weighted by atomic mass is 79.9. The van der Waals surface area contributed by atoms with Gasteiger partial charge in [0.25, 0.3) is 15.0 Å². The second kappa shape index (κ2) is 6.48. The summed E-state index contributed by atoms with van der Waals surface area (Å²) >= 11 is 4.35. The Bertz CT molecular complexity index is 773. The molecule has 1 amide bonds. The van der Waals surface area contributed by atoms with E-state index in [1.54, 1.807) is 31.2 Å². The summed E-state index contributed by atoms with van der Waals surface area (Å²) in [6.07, 6.45) is 0. The number of amides is 1. The first-order valence-electron chi connectivity index (χ1n) is 5.88. The minimum absolute atomic E-state index is 0.0720. The second-order valence-electron chi connectivity index (χ2n) is 4.30. The minimum atomic E-state index is -3.73. The Hall–Kier alpha value is -0.890. The Morgan fingerprint density at radius 1 is 1.33 bits per heavy atom. The zero-order chi connectivity index (χ0) is 15.6. The quantitative estimate of drug-likeness (QED) is 0.780. The van der Waals surface area contributed by atoms with Crippen molar-refractivity contribution in [3.05, 3.63) is 51.3 Å². The highest BCUT2D eigenvalue weighted by Gasteiger charge is 2.18. The summed E-state index contributed by atoms with van der Waals surface area (Å²) in [5, 5.41) is 2.82. The Balaban J connectivity index is 2.13. The Morgan fingerprint density at radius 3 is 2.62 bits per heavy atom. The molecule has 1 atom stereocenters. The molecule has 4 nitrogen and oxygen atoms in total. The summed E-state index contributed by atoms with van der Waals surface area (Å²) in [6.45, 7) is 1.78. The fourth-order valence-corrected chi connectivity index (χ4v) is 4.17. The average Bonchev–Trinajstić information content (AvgIpc) is 2.88. The van der Waals surface area contributed by atoms with Crippen LogP contribution in [0.15, 0.2) is 45.1 Å². The van der Waals surface area contributed by atoms with E-state index in [1.165, 1.54) is 6.07 Å². The van der Waals surface area contributed by atoms with Crippen LogP contribution in [0.25, 0.3) is 0 Å². The van der Waals surface area contributed by atoms with E-state index in [0.29, 0.717) is 5.56 Å². The maximum atomic E-state index is 12.1. The van der Waals surface area contributed by atoms with Gasteiger partial charge in [-0.25, -0.2) is 8.42 Å². The van der Waals surface area contributed by atoms with Crippen molar-refractivity contribution < 1.29 is 13.2 Å². The molecule has 8 heteroatoms. The smallest absolute Gasteiger partial charge is 0.270 e. The first-order valence-corrected chi connectivity index (χ1v) is 9.80. The van der Waals surface area contributed by atoms with E-state index >= 15 is 0 Å². The third kappa shape index (κ3) is 4.29. The molecule has 1 aromatic carbocycles. The van der Waals surface area contributed by atoms with Gasteiger partial charge in [0, 0.05) is 25.6 Å². The lowest BCUT2D eigenvalue weighted by Crippen LogP contribution is -2.26. The molecular formula is C13H11BrClNO3S2. The molecule has 2 rings (SSSR count). The molecule has 1 unspecified atom stereocenters. The highest BCUT2D eigenvalue weighted by Crippen LogP contribution is 2.29. The monoisotopic (exact) mass is 407 g/mol. The average molecular weight is 409 g/mol. The minimum Gasteiger partial charge on any atom is -0.345 e. The van der Waals surface area contributed by atoms with Crippen LogP contribution in [0.5, 0.6) is 0 Å². The van der Waals surface area contributed by atoms with Gasteiger partial charge < -0.3 is 5.32 Å². The summed E-state index contributed by atoms with van der Waals surface area (Å²) in [6, 6.07) is 9.79. The predicted octanol–water partition coefficient (Wildman–Crippen LogP) is 3.93. The van der Waals surface area contributed by atoms with Gasteiger partial charge in [-0.3, -0.25) is 4.79 Å². The van der Waals surface area contributed by atoms with Crippen molar-refractivity contribution in [2.45, 2.75) is 17.2 Å². The number of thiophene rings is 1. The van der Waals surface area contributed by atoms with Gasteiger partial charge in [0.15, 0.2) is 0 Å². The van der Waals surface area contributed by atoms with Crippen LogP contribution in [0.1, 0.15) is 28.2 Å². The van der Waals surface area contributed by atoms with Gasteiger partial charge in [-0.1, -0.05) is 22.0 Å². The molecule has 2 aromatic rings. The van der Waals surface area contributed by atoms with E-state index in [1.807, 2.05) is 6.07 Å². The number of halogens is 2.